The Morgan fingerprint density at radius 1 is 0.340 bits per heavy atom. The van der Waals surface area contributed by atoms with E-state index < -0.39 is 24.2 Å². The maximum Gasteiger partial charge on any atom is 0.136 e. The second-order valence-corrected chi connectivity index (χ2v) is 11.9. The molecular weight excluding hydrogens is 569 g/mol. The van der Waals surface area contributed by atoms with Crippen molar-refractivity contribution in [2.24, 2.45) is 0 Å². The van der Waals surface area contributed by atoms with Crippen LogP contribution < -0.4 is 0 Å². The molecule has 0 amide bonds. The van der Waals surface area contributed by atoms with Crippen molar-refractivity contribution in [2.75, 3.05) is 0 Å². The average molecular weight is 605 g/mol. The van der Waals surface area contributed by atoms with Crippen molar-refractivity contribution >= 4 is 65.0 Å². The van der Waals surface area contributed by atoms with E-state index in [1.807, 2.05) is 36.4 Å². The molecule has 0 aliphatic rings. The van der Waals surface area contributed by atoms with Gasteiger partial charge in [-0.15, -0.1) is 0 Å². The minimum absolute atomic E-state index is 0.181. The molecule has 0 aliphatic heterocycles. The number of benzene rings is 9. The molecule has 47 heavy (non-hydrogen) atoms. The smallest absolute Gasteiger partial charge is 0.136 e. The fourth-order valence-corrected chi connectivity index (χ4v) is 7.11. The van der Waals surface area contributed by atoms with Gasteiger partial charge in [-0.05, 0) is 107 Å². The van der Waals surface area contributed by atoms with Gasteiger partial charge in [-0.25, -0.2) is 0 Å². The molecule has 0 radical (unpaired) electrons. The number of furan rings is 1. The van der Waals surface area contributed by atoms with Gasteiger partial charge >= 0.3 is 0 Å². The topological polar surface area (TPSA) is 13.1 Å². The zero-order valence-corrected chi connectivity index (χ0v) is 25.0. The van der Waals surface area contributed by atoms with Crippen LogP contribution >= 0.6 is 0 Å². The lowest BCUT2D eigenvalue weighted by atomic mass is 9.86. The van der Waals surface area contributed by atoms with Crippen LogP contribution in [0, 0.1) is 0 Å². The Kier molecular flexibility index (Phi) is 4.19. The minimum atomic E-state index is -0.429. The highest BCUT2D eigenvalue weighted by Gasteiger charge is 2.18. The molecule has 0 spiro atoms. The molecule has 1 heterocycles. The molecule has 10 aromatic rings. The minimum Gasteiger partial charge on any atom is -0.456 e. The summed E-state index contributed by atoms with van der Waals surface area (Å²) in [6, 6.07) is 36.8. The third-order valence-electron chi connectivity index (χ3n) is 9.28. The van der Waals surface area contributed by atoms with Crippen LogP contribution in [0.25, 0.3) is 98.4 Å². The van der Waals surface area contributed by atoms with E-state index in [0.717, 1.165) is 27.3 Å². The van der Waals surface area contributed by atoms with Crippen LogP contribution in [-0.4, -0.2) is 0 Å². The van der Waals surface area contributed by atoms with E-state index in [2.05, 4.69) is 54.6 Å². The Balaban J connectivity index is 1.24. The summed E-state index contributed by atoms with van der Waals surface area (Å²) in [6.45, 7) is 0. The highest BCUT2D eigenvalue weighted by atomic mass is 16.3. The second kappa shape index (κ2) is 10.2. The van der Waals surface area contributed by atoms with Crippen LogP contribution in [0.5, 0.6) is 0 Å². The predicted molar refractivity (Wildman–Crippen MR) is 200 cm³/mol. The van der Waals surface area contributed by atoms with Crippen molar-refractivity contribution in [3.63, 3.8) is 0 Å². The highest BCUT2D eigenvalue weighted by molar-refractivity contribution is 6.22. The van der Waals surface area contributed by atoms with Crippen molar-refractivity contribution in [1.82, 2.24) is 0 Å². The molecule has 0 atom stereocenters. The molecule has 0 saturated heterocycles. The molecule has 0 unspecified atom stereocenters. The molecule has 0 N–H and O–H groups in total. The predicted octanol–water partition coefficient (Wildman–Crippen LogP) is 13.2. The number of hydrogen-bond acceptors (Lipinski definition) is 1. The third kappa shape index (κ3) is 4.03. The van der Waals surface area contributed by atoms with Gasteiger partial charge in [0.1, 0.15) is 11.2 Å². The summed E-state index contributed by atoms with van der Waals surface area (Å²) in [6.07, 6.45) is 0. The maximum absolute atomic E-state index is 9.23. The fraction of sp³-hybridized carbons (Fsp3) is 0. The van der Waals surface area contributed by atoms with Gasteiger partial charge < -0.3 is 4.42 Å². The van der Waals surface area contributed by atoms with E-state index in [1.165, 1.54) is 16.2 Å². The van der Waals surface area contributed by atoms with Crippen LogP contribution in [0.1, 0.15) is 11.0 Å². The molecule has 1 heteroatoms. The molecule has 218 valence electrons. The van der Waals surface area contributed by atoms with E-state index in [-0.39, 0.29) is 45.7 Å². The number of rotatable bonds is 3. The summed E-state index contributed by atoms with van der Waals surface area (Å²) >= 11 is 0. The summed E-state index contributed by atoms with van der Waals surface area (Å²) in [4.78, 5) is 0. The van der Waals surface area contributed by atoms with Crippen LogP contribution in [0.3, 0.4) is 0 Å². The van der Waals surface area contributed by atoms with Gasteiger partial charge in [-0.1, -0.05) is 139 Å². The summed E-state index contributed by atoms with van der Waals surface area (Å²) in [7, 11) is 0. The largest absolute Gasteiger partial charge is 0.456 e. The van der Waals surface area contributed by atoms with Crippen molar-refractivity contribution in [1.29, 1.82) is 0 Å². The first-order valence-corrected chi connectivity index (χ1v) is 15.5. The summed E-state index contributed by atoms with van der Waals surface area (Å²) in [5.41, 5.74) is 5.06. The van der Waals surface area contributed by atoms with Gasteiger partial charge in [-0.2, -0.15) is 0 Å². The quantitative estimate of drug-likeness (QED) is 0.144. The number of hydrogen-bond donors (Lipinski definition) is 0. The maximum atomic E-state index is 9.23. The molecular formula is C46H28O. The molecule has 0 fully saturated rings. The Morgan fingerprint density at radius 2 is 0.915 bits per heavy atom. The zero-order valence-electron chi connectivity index (χ0n) is 33.0. The third-order valence-corrected chi connectivity index (χ3v) is 9.28. The molecule has 0 bridgehead atoms. The van der Waals surface area contributed by atoms with E-state index in [4.69, 9.17) is 12.6 Å². The number of fused-ring (bicyclic) bond motifs is 8. The highest BCUT2D eigenvalue weighted by Crippen LogP contribution is 2.45. The van der Waals surface area contributed by atoms with Crippen LogP contribution in [0.15, 0.2) is 174 Å². The van der Waals surface area contributed by atoms with Crippen LogP contribution in [-0.2, 0) is 0 Å². The molecule has 10 rings (SSSR count). The van der Waals surface area contributed by atoms with E-state index in [9.17, 15) is 2.74 Å². The SMILES string of the molecule is [2H]c1c([2H])c([2H])c2c(-c3ccc4oc5cc(-c6ccc7c(ccc8ccccc87)c6)ccc5c4c3)c3c([2H])c([2H])c([2H])c([2H])c3c(-c3ccccc3)c2c1[2H]. The Morgan fingerprint density at radius 3 is 1.66 bits per heavy atom. The van der Waals surface area contributed by atoms with E-state index in [0.29, 0.717) is 33.4 Å². The molecule has 0 saturated carbocycles. The van der Waals surface area contributed by atoms with E-state index in [1.54, 1.807) is 30.3 Å². The van der Waals surface area contributed by atoms with Gasteiger partial charge in [0, 0.05) is 10.8 Å². The first-order valence-electron chi connectivity index (χ1n) is 19.5. The van der Waals surface area contributed by atoms with Crippen molar-refractivity contribution in [3.8, 4) is 33.4 Å². The average Bonchev–Trinajstić information content (AvgIpc) is 3.59. The normalized spacial score (nSPS) is 14.2. The van der Waals surface area contributed by atoms with Crippen molar-refractivity contribution < 1.29 is 15.4 Å². The Labute approximate surface area is 283 Å². The second-order valence-electron chi connectivity index (χ2n) is 11.9. The van der Waals surface area contributed by atoms with Crippen molar-refractivity contribution in [3.05, 3.63) is 170 Å². The van der Waals surface area contributed by atoms with Gasteiger partial charge in [0.25, 0.3) is 0 Å². The van der Waals surface area contributed by atoms with Gasteiger partial charge in [0.2, 0.25) is 0 Å². The first kappa shape index (κ1) is 19.4. The van der Waals surface area contributed by atoms with Crippen LogP contribution in [0.4, 0.5) is 0 Å². The Hall–Kier alpha value is -6.18. The van der Waals surface area contributed by atoms with Gasteiger partial charge in [0.05, 0.1) is 11.0 Å². The summed E-state index contributed by atoms with van der Waals surface area (Å²) in [5.74, 6) is 0. The van der Waals surface area contributed by atoms with E-state index >= 15 is 0 Å². The van der Waals surface area contributed by atoms with Gasteiger partial charge in [0.15, 0.2) is 0 Å². The molecule has 0 aliphatic carbocycles. The standard InChI is InChI=1S/C46H28O/c1-2-11-30(12-3-1)45-38-14-6-8-16-40(38)46(41-17-9-7-15-39(41)45)34-22-25-43-42(27-34)37-24-21-32(28-44(37)47-43)31-20-23-36-33(26-31)19-18-29-10-4-5-13-35(29)36/h1-28H/i6D,7D,8D,9D,14D,15D,16D,17D. The summed E-state index contributed by atoms with van der Waals surface area (Å²) in [5, 5.41) is 7.07. The monoisotopic (exact) mass is 604 g/mol. The Bertz CT molecular complexity index is 3220. The lowest BCUT2D eigenvalue weighted by molar-refractivity contribution is 0.669. The lowest BCUT2D eigenvalue weighted by Crippen LogP contribution is -1.90. The van der Waals surface area contributed by atoms with Gasteiger partial charge in [-0.3, -0.25) is 0 Å². The molecule has 1 aromatic heterocycles. The van der Waals surface area contributed by atoms with Crippen molar-refractivity contribution in [2.45, 2.75) is 0 Å². The first-order chi connectivity index (χ1) is 26.6. The van der Waals surface area contributed by atoms with Crippen LogP contribution in [0.2, 0.25) is 0 Å². The zero-order chi connectivity index (χ0) is 37.9. The fourth-order valence-electron chi connectivity index (χ4n) is 7.11. The lowest BCUT2D eigenvalue weighted by Gasteiger charge is -2.17. The summed E-state index contributed by atoms with van der Waals surface area (Å²) < 4.78 is 77.9. The molecule has 9 aromatic carbocycles. The molecule has 1 nitrogen and oxygen atoms in total.